The molecular formula is C12H26N6O2. The third-order valence-electron chi connectivity index (χ3n) is 2.67. The first kappa shape index (κ1) is 18.2. The Morgan fingerprint density at radius 3 is 2.25 bits per heavy atom. The minimum Gasteiger partial charge on any atom is -0.370 e. The van der Waals surface area contributed by atoms with Gasteiger partial charge in [0.2, 0.25) is 11.8 Å². The highest BCUT2D eigenvalue weighted by Crippen LogP contribution is 2.05. The smallest absolute Gasteiger partial charge is 0.240 e. The van der Waals surface area contributed by atoms with Crippen LogP contribution in [0.1, 0.15) is 33.1 Å². The second-order valence-corrected chi connectivity index (χ2v) is 5.15. The number of nitrogens with two attached hydrogens (primary N) is 4. The van der Waals surface area contributed by atoms with E-state index in [1.54, 1.807) is 0 Å². The average Bonchev–Trinajstić information content (AvgIpc) is 2.32. The molecule has 0 aromatic heterocycles. The fraction of sp³-hybridized carbons (Fsp3) is 0.750. The number of guanidine groups is 1. The number of nitrogens with one attached hydrogen (secondary N) is 1. The van der Waals surface area contributed by atoms with E-state index in [4.69, 9.17) is 22.9 Å². The highest BCUT2D eigenvalue weighted by Gasteiger charge is 2.22. The summed E-state index contributed by atoms with van der Waals surface area (Å²) in [5, 5.41) is 2.57. The van der Waals surface area contributed by atoms with Crippen molar-refractivity contribution in [1.82, 2.24) is 5.32 Å². The van der Waals surface area contributed by atoms with E-state index in [9.17, 15) is 9.59 Å². The van der Waals surface area contributed by atoms with Gasteiger partial charge in [0, 0.05) is 6.54 Å². The molecule has 0 bridgehead atoms. The van der Waals surface area contributed by atoms with Gasteiger partial charge in [-0.05, 0) is 25.2 Å². The van der Waals surface area contributed by atoms with Crippen LogP contribution in [0.4, 0.5) is 0 Å². The molecule has 0 fully saturated rings. The van der Waals surface area contributed by atoms with Gasteiger partial charge in [-0.3, -0.25) is 14.6 Å². The molecule has 9 N–H and O–H groups in total. The lowest BCUT2D eigenvalue weighted by Crippen LogP contribution is -2.50. The van der Waals surface area contributed by atoms with Gasteiger partial charge in [-0.2, -0.15) is 0 Å². The largest absolute Gasteiger partial charge is 0.370 e. The Morgan fingerprint density at radius 1 is 1.20 bits per heavy atom. The molecule has 0 aromatic rings. The highest BCUT2D eigenvalue weighted by atomic mass is 16.2. The fourth-order valence-electron chi connectivity index (χ4n) is 1.65. The number of amides is 2. The number of carbonyl (C=O) groups is 2. The zero-order valence-corrected chi connectivity index (χ0v) is 12.1. The minimum absolute atomic E-state index is 0.00810. The van der Waals surface area contributed by atoms with Crippen molar-refractivity contribution in [3.8, 4) is 0 Å². The monoisotopic (exact) mass is 286 g/mol. The zero-order chi connectivity index (χ0) is 15.7. The van der Waals surface area contributed by atoms with Gasteiger partial charge in [0.15, 0.2) is 5.96 Å². The molecule has 0 heterocycles. The van der Waals surface area contributed by atoms with Gasteiger partial charge in [-0.1, -0.05) is 13.8 Å². The Morgan fingerprint density at radius 2 is 1.80 bits per heavy atom. The SMILES string of the molecule is CC(C)CC(NC(=O)C(N)CCCN=C(N)N)C(N)=O. The Kier molecular flexibility index (Phi) is 8.30. The quantitative estimate of drug-likeness (QED) is 0.195. The molecule has 116 valence electrons. The van der Waals surface area contributed by atoms with E-state index >= 15 is 0 Å². The molecule has 0 radical (unpaired) electrons. The summed E-state index contributed by atoms with van der Waals surface area (Å²) in [6.45, 7) is 4.29. The van der Waals surface area contributed by atoms with Gasteiger partial charge in [0.1, 0.15) is 6.04 Å². The third-order valence-corrected chi connectivity index (χ3v) is 2.67. The number of carbonyl (C=O) groups excluding carboxylic acids is 2. The lowest BCUT2D eigenvalue weighted by molar-refractivity contribution is -0.128. The zero-order valence-electron chi connectivity index (χ0n) is 12.1. The normalized spacial score (nSPS) is 13.6. The Bertz CT molecular complexity index is 352. The van der Waals surface area contributed by atoms with Crippen LogP contribution in [-0.2, 0) is 9.59 Å². The number of rotatable bonds is 9. The van der Waals surface area contributed by atoms with Crippen LogP contribution in [0.2, 0.25) is 0 Å². The molecule has 0 rings (SSSR count). The summed E-state index contributed by atoms with van der Waals surface area (Å²) in [6.07, 6.45) is 1.50. The molecule has 8 nitrogen and oxygen atoms in total. The highest BCUT2D eigenvalue weighted by molar-refractivity contribution is 5.88. The second kappa shape index (κ2) is 9.13. The van der Waals surface area contributed by atoms with Crippen LogP contribution < -0.4 is 28.3 Å². The molecule has 0 aliphatic heterocycles. The van der Waals surface area contributed by atoms with Crippen molar-refractivity contribution < 1.29 is 9.59 Å². The predicted octanol–water partition coefficient (Wildman–Crippen LogP) is -1.62. The fourth-order valence-corrected chi connectivity index (χ4v) is 1.65. The third kappa shape index (κ3) is 8.30. The topological polar surface area (TPSA) is 163 Å². The lowest BCUT2D eigenvalue weighted by atomic mass is 10.0. The van der Waals surface area contributed by atoms with Crippen molar-refractivity contribution in [2.45, 2.75) is 45.2 Å². The van der Waals surface area contributed by atoms with Crippen molar-refractivity contribution in [2.75, 3.05) is 6.54 Å². The molecule has 20 heavy (non-hydrogen) atoms. The van der Waals surface area contributed by atoms with Crippen molar-refractivity contribution in [3.05, 3.63) is 0 Å². The Balaban J connectivity index is 4.21. The number of aliphatic imine (C=N–C) groups is 1. The van der Waals surface area contributed by atoms with Gasteiger partial charge in [-0.15, -0.1) is 0 Å². The van der Waals surface area contributed by atoms with Crippen LogP contribution >= 0.6 is 0 Å². The Labute approximate surface area is 119 Å². The molecule has 8 heteroatoms. The molecule has 0 saturated carbocycles. The van der Waals surface area contributed by atoms with Crippen LogP contribution in [0.5, 0.6) is 0 Å². The first-order valence-electron chi connectivity index (χ1n) is 6.64. The predicted molar refractivity (Wildman–Crippen MR) is 78.5 cm³/mol. The van der Waals surface area contributed by atoms with Crippen LogP contribution in [-0.4, -0.2) is 36.4 Å². The van der Waals surface area contributed by atoms with Crippen molar-refractivity contribution in [1.29, 1.82) is 0 Å². The van der Waals surface area contributed by atoms with Crippen LogP contribution in [0, 0.1) is 5.92 Å². The van der Waals surface area contributed by atoms with Gasteiger partial charge < -0.3 is 28.3 Å². The van der Waals surface area contributed by atoms with Gasteiger partial charge in [-0.25, -0.2) is 0 Å². The molecule has 2 amide bonds. The summed E-state index contributed by atoms with van der Waals surface area (Å²) >= 11 is 0. The second-order valence-electron chi connectivity index (χ2n) is 5.15. The van der Waals surface area contributed by atoms with Crippen LogP contribution in [0.3, 0.4) is 0 Å². The first-order chi connectivity index (χ1) is 9.23. The molecule has 0 spiro atoms. The van der Waals surface area contributed by atoms with Gasteiger partial charge in [0.25, 0.3) is 0 Å². The summed E-state index contributed by atoms with van der Waals surface area (Å²) in [4.78, 5) is 26.9. The maximum absolute atomic E-state index is 11.8. The molecule has 2 atom stereocenters. The first-order valence-corrected chi connectivity index (χ1v) is 6.64. The van der Waals surface area contributed by atoms with E-state index in [2.05, 4.69) is 10.3 Å². The van der Waals surface area contributed by atoms with Crippen molar-refractivity contribution >= 4 is 17.8 Å². The van der Waals surface area contributed by atoms with E-state index in [1.807, 2.05) is 13.8 Å². The number of hydrogen-bond acceptors (Lipinski definition) is 4. The summed E-state index contributed by atoms with van der Waals surface area (Å²) in [6, 6.07) is -1.40. The summed E-state index contributed by atoms with van der Waals surface area (Å²) in [5.74, 6) is -0.696. The minimum atomic E-state index is -0.710. The van der Waals surface area contributed by atoms with Crippen molar-refractivity contribution in [3.63, 3.8) is 0 Å². The van der Waals surface area contributed by atoms with Gasteiger partial charge in [0.05, 0.1) is 6.04 Å². The van der Waals surface area contributed by atoms with E-state index < -0.39 is 18.0 Å². The number of primary amides is 1. The van der Waals surface area contributed by atoms with E-state index in [1.165, 1.54) is 0 Å². The number of hydrogen-bond donors (Lipinski definition) is 5. The van der Waals surface area contributed by atoms with Gasteiger partial charge >= 0.3 is 0 Å². The van der Waals surface area contributed by atoms with Crippen LogP contribution in [0.25, 0.3) is 0 Å². The lowest BCUT2D eigenvalue weighted by Gasteiger charge is -2.19. The van der Waals surface area contributed by atoms with E-state index in [-0.39, 0.29) is 17.8 Å². The summed E-state index contributed by atoms with van der Waals surface area (Å²) in [7, 11) is 0. The van der Waals surface area contributed by atoms with E-state index in [0.29, 0.717) is 25.8 Å². The maximum atomic E-state index is 11.8. The standard InChI is InChI=1S/C12H26N6O2/c1-7(2)6-9(10(14)19)18-11(20)8(13)4-3-5-17-12(15)16/h7-9H,3-6,13H2,1-2H3,(H2,14,19)(H,18,20)(H4,15,16,17). The molecule has 0 aromatic carbocycles. The molecule has 0 aliphatic rings. The molecule has 0 aliphatic carbocycles. The van der Waals surface area contributed by atoms with Crippen LogP contribution in [0.15, 0.2) is 4.99 Å². The summed E-state index contributed by atoms with van der Waals surface area (Å²) in [5.41, 5.74) is 21.3. The van der Waals surface area contributed by atoms with E-state index in [0.717, 1.165) is 0 Å². The molecule has 0 saturated heterocycles. The Hall–Kier alpha value is -1.83. The maximum Gasteiger partial charge on any atom is 0.240 e. The number of nitrogens with zero attached hydrogens (tertiary/aromatic N) is 1. The molecule has 2 unspecified atom stereocenters. The van der Waals surface area contributed by atoms with Crippen molar-refractivity contribution in [2.24, 2.45) is 33.8 Å². The molecular weight excluding hydrogens is 260 g/mol. The summed E-state index contributed by atoms with van der Waals surface area (Å²) < 4.78 is 0. The average molecular weight is 286 g/mol.